The molecule has 0 atom stereocenters. The van der Waals surface area contributed by atoms with Gasteiger partial charge < -0.3 is 0 Å². The van der Waals surface area contributed by atoms with E-state index in [-0.39, 0.29) is 0 Å². The summed E-state index contributed by atoms with van der Waals surface area (Å²) in [4.78, 5) is 11.7. The molecule has 22 heavy (non-hydrogen) atoms. The molecule has 0 aliphatic carbocycles. The first-order chi connectivity index (χ1) is 10.8. The molecule has 0 aliphatic rings. The molecule has 1 nitrogen and oxygen atoms in total. The molecule has 0 N–H and O–H groups in total. The van der Waals surface area contributed by atoms with Gasteiger partial charge >= 0.3 is 0 Å². The van der Waals surface area contributed by atoms with Crippen LogP contribution in [0.4, 0.5) is 0 Å². The third kappa shape index (κ3) is 17.2. The van der Waals surface area contributed by atoms with Crippen LogP contribution in [0.2, 0.25) is 0 Å². The molecule has 0 aromatic heterocycles. The Balaban J connectivity index is 3.35. The molecule has 0 aromatic carbocycles. The predicted octanol–water partition coefficient (Wildman–Crippen LogP) is 7.17. The Morgan fingerprint density at radius 1 is 0.682 bits per heavy atom. The van der Waals surface area contributed by atoms with Gasteiger partial charge in [0.15, 0.2) is 0 Å². The van der Waals surface area contributed by atoms with Crippen molar-refractivity contribution >= 4 is 5.78 Å². The van der Waals surface area contributed by atoms with Gasteiger partial charge in [-0.25, -0.2) is 0 Å². The first-order valence-corrected chi connectivity index (χ1v) is 9.64. The molecule has 0 spiro atoms. The lowest BCUT2D eigenvalue weighted by Gasteiger charge is -2.00. The lowest BCUT2D eigenvalue weighted by atomic mass is 10.1. The van der Waals surface area contributed by atoms with Crippen molar-refractivity contribution in [1.29, 1.82) is 0 Å². The second-order valence-electron chi connectivity index (χ2n) is 6.32. The number of unbranched alkanes of at least 4 members (excludes halogenated alkanes) is 10. The van der Waals surface area contributed by atoms with Crippen molar-refractivity contribution in [2.45, 2.75) is 104 Å². The summed E-state index contributed by atoms with van der Waals surface area (Å²) in [5, 5.41) is 0. The van der Waals surface area contributed by atoms with Crippen molar-refractivity contribution in [3.63, 3.8) is 0 Å². The van der Waals surface area contributed by atoms with E-state index in [4.69, 9.17) is 0 Å². The molecule has 0 unspecified atom stereocenters. The molecule has 0 aromatic rings. The number of carbonyl (C=O) groups is 1. The van der Waals surface area contributed by atoms with Crippen LogP contribution in [0.3, 0.4) is 0 Å². The van der Waals surface area contributed by atoms with Crippen molar-refractivity contribution in [2.75, 3.05) is 0 Å². The Hall–Kier alpha value is -0.850. The van der Waals surface area contributed by atoms with Gasteiger partial charge in [-0.1, -0.05) is 95.9 Å². The van der Waals surface area contributed by atoms with Crippen molar-refractivity contribution in [1.82, 2.24) is 0 Å². The van der Waals surface area contributed by atoms with E-state index in [1.807, 2.05) is 12.2 Å². The molecule has 0 heterocycles. The van der Waals surface area contributed by atoms with Crippen molar-refractivity contribution in [3.8, 4) is 0 Å². The lowest BCUT2D eigenvalue weighted by Crippen LogP contribution is -1.95. The minimum Gasteiger partial charge on any atom is -0.299 e. The van der Waals surface area contributed by atoms with Gasteiger partial charge in [0.25, 0.3) is 0 Å². The lowest BCUT2D eigenvalue weighted by molar-refractivity contribution is -0.118. The molecule has 0 rings (SSSR count). The molecule has 0 saturated heterocycles. The van der Waals surface area contributed by atoms with Gasteiger partial charge in [-0.15, -0.1) is 0 Å². The van der Waals surface area contributed by atoms with E-state index in [1.165, 1.54) is 64.2 Å². The topological polar surface area (TPSA) is 17.1 Å². The number of ketones is 1. The van der Waals surface area contributed by atoms with Crippen LogP contribution in [-0.4, -0.2) is 5.78 Å². The molecule has 0 radical (unpaired) electrons. The van der Waals surface area contributed by atoms with E-state index in [0.29, 0.717) is 12.2 Å². The predicted molar refractivity (Wildman–Crippen MR) is 99.3 cm³/mol. The Kier molecular flexibility index (Phi) is 17.5. The van der Waals surface area contributed by atoms with Gasteiger partial charge in [-0.2, -0.15) is 0 Å². The van der Waals surface area contributed by atoms with Crippen molar-refractivity contribution in [3.05, 3.63) is 24.3 Å². The van der Waals surface area contributed by atoms with Crippen LogP contribution < -0.4 is 0 Å². The van der Waals surface area contributed by atoms with E-state index in [9.17, 15) is 4.79 Å². The van der Waals surface area contributed by atoms with Gasteiger partial charge in [0, 0.05) is 12.8 Å². The van der Waals surface area contributed by atoms with Gasteiger partial charge in [0.2, 0.25) is 0 Å². The zero-order valence-electron chi connectivity index (χ0n) is 15.1. The van der Waals surface area contributed by atoms with Gasteiger partial charge in [0.1, 0.15) is 5.78 Å². The third-order valence-corrected chi connectivity index (χ3v) is 4.01. The van der Waals surface area contributed by atoms with Crippen molar-refractivity contribution in [2.24, 2.45) is 0 Å². The summed E-state index contributed by atoms with van der Waals surface area (Å²) in [6.07, 6.45) is 25.1. The summed E-state index contributed by atoms with van der Waals surface area (Å²) >= 11 is 0. The average Bonchev–Trinajstić information content (AvgIpc) is 2.52. The number of Topliss-reactive ketones (excluding diaryl/α,β-unsaturated/α-hetero) is 1. The highest BCUT2D eigenvalue weighted by Crippen LogP contribution is 2.10. The van der Waals surface area contributed by atoms with E-state index in [0.717, 1.165) is 19.3 Å². The van der Waals surface area contributed by atoms with Crippen LogP contribution >= 0.6 is 0 Å². The largest absolute Gasteiger partial charge is 0.299 e. The molecule has 0 amide bonds. The minimum absolute atomic E-state index is 0.390. The maximum Gasteiger partial charge on any atom is 0.136 e. The summed E-state index contributed by atoms with van der Waals surface area (Å²) < 4.78 is 0. The van der Waals surface area contributed by atoms with Crippen LogP contribution in [-0.2, 0) is 4.79 Å². The van der Waals surface area contributed by atoms with Gasteiger partial charge in [0.05, 0.1) is 0 Å². The summed E-state index contributed by atoms with van der Waals surface area (Å²) in [5.41, 5.74) is 0. The normalized spacial score (nSPS) is 11.7. The first-order valence-electron chi connectivity index (χ1n) is 9.64. The molecule has 1 heteroatoms. The number of hydrogen-bond donors (Lipinski definition) is 0. The second kappa shape index (κ2) is 18.2. The molecule has 0 fully saturated rings. The first kappa shape index (κ1) is 21.1. The molecular formula is C21H38O. The van der Waals surface area contributed by atoms with E-state index in [1.54, 1.807) is 0 Å². The highest BCUT2D eigenvalue weighted by atomic mass is 16.1. The summed E-state index contributed by atoms with van der Waals surface area (Å²) in [5.74, 6) is 0.390. The monoisotopic (exact) mass is 306 g/mol. The van der Waals surface area contributed by atoms with Gasteiger partial charge in [-0.3, -0.25) is 4.79 Å². The van der Waals surface area contributed by atoms with Crippen LogP contribution in [0.25, 0.3) is 0 Å². The zero-order chi connectivity index (χ0) is 16.3. The smallest absolute Gasteiger partial charge is 0.136 e. The fourth-order valence-corrected chi connectivity index (χ4v) is 2.52. The summed E-state index contributed by atoms with van der Waals surface area (Å²) in [6, 6.07) is 0. The molecule has 0 aliphatic heterocycles. The van der Waals surface area contributed by atoms with Crippen LogP contribution in [0.1, 0.15) is 104 Å². The second-order valence-corrected chi connectivity index (χ2v) is 6.32. The molecular weight excluding hydrogens is 268 g/mol. The molecule has 0 bridgehead atoms. The Bertz CT molecular complexity index is 288. The standard InChI is InChI=1S/C21H38O/c1-3-5-7-9-11-13-15-17-19-21(22)20-18-16-14-12-10-8-6-4-2/h11,13,15,17H,3-10,12,14,16,18-20H2,1-2H3. The minimum atomic E-state index is 0.390. The Morgan fingerprint density at radius 3 is 1.91 bits per heavy atom. The SMILES string of the molecule is CCCCCC=CC=CCC(=O)CCCCCCCCCC. The van der Waals surface area contributed by atoms with E-state index >= 15 is 0 Å². The summed E-state index contributed by atoms with van der Waals surface area (Å²) in [7, 11) is 0. The summed E-state index contributed by atoms with van der Waals surface area (Å²) in [6.45, 7) is 4.48. The molecule has 0 saturated carbocycles. The Morgan fingerprint density at radius 2 is 1.23 bits per heavy atom. The fourth-order valence-electron chi connectivity index (χ4n) is 2.52. The van der Waals surface area contributed by atoms with Crippen LogP contribution in [0.5, 0.6) is 0 Å². The fraction of sp³-hybridized carbons (Fsp3) is 0.762. The highest BCUT2D eigenvalue weighted by Gasteiger charge is 1.98. The third-order valence-electron chi connectivity index (χ3n) is 4.01. The average molecular weight is 307 g/mol. The zero-order valence-corrected chi connectivity index (χ0v) is 15.1. The van der Waals surface area contributed by atoms with Crippen LogP contribution in [0.15, 0.2) is 24.3 Å². The quantitative estimate of drug-likeness (QED) is 0.218. The van der Waals surface area contributed by atoms with Crippen LogP contribution in [0, 0.1) is 0 Å². The van der Waals surface area contributed by atoms with Crippen molar-refractivity contribution < 1.29 is 4.79 Å². The van der Waals surface area contributed by atoms with Gasteiger partial charge in [-0.05, 0) is 19.3 Å². The van der Waals surface area contributed by atoms with E-state index in [2.05, 4.69) is 26.0 Å². The number of rotatable bonds is 16. The number of carbonyl (C=O) groups excluding carboxylic acids is 1. The highest BCUT2D eigenvalue weighted by molar-refractivity contribution is 5.79. The maximum atomic E-state index is 11.7. The van der Waals surface area contributed by atoms with E-state index < -0.39 is 0 Å². The Labute approximate surface area is 139 Å². The maximum absolute atomic E-state index is 11.7. The number of allylic oxidation sites excluding steroid dienone is 4. The number of hydrogen-bond acceptors (Lipinski definition) is 1. The molecule has 128 valence electrons.